The first kappa shape index (κ1) is 21.8. The predicted octanol–water partition coefficient (Wildman–Crippen LogP) is 2.26. The van der Waals surface area contributed by atoms with Crippen molar-refractivity contribution in [2.24, 2.45) is 5.92 Å². The lowest BCUT2D eigenvalue weighted by Crippen LogP contribution is -2.45. The molecule has 2 aromatic rings. The van der Waals surface area contributed by atoms with E-state index in [4.69, 9.17) is 14.9 Å². The maximum Gasteiger partial charge on any atom is 0.407 e. The molecule has 2 aromatic carbocycles. The number of carboxylic acids is 1. The first-order valence-electron chi connectivity index (χ1n) is 10.7. The molecule has 0 unspecified atom stereocenters. The lowest BCUT2D eigenvalue weighted by Gasteiger charge is -2.17. The molecule has 4 rings (SSSR count). The van der Waals surface area contributed by atoms with Crippen molar-refractivity contribution in [3.8, 4) is 11.1 Å². The van der Waals surface area contributed by atoms with E-state index in [1.165, 1.54) is 0 Å². The number of rotatable bonds is 7. The van der Waals surface area contributed by atoms with Crippen molar-refractivity contribution in [3.05, 3.63) is 59.7 Å². The van der Waals surface area contributed by atoms with Crippen LogP contribution in [0, 0.1) is 5.92 Å². The molecule has 4 N–H and O–H groups in total. The molecule has 0 bridgehead atoms. The van der Waals surface area contributed by atoms with E-state index in [1.807, 2.05) is 24.3 Å². The highest BCUT2D eigenvalue weighted by Crippen LogP contribution is 2.44. The number of ether oxygens (including phenoxy) is 1. The highest BCUT2D eigenvalue weighted by Gasteiger charge is 2.34. The zero-order chi connectivity index (χ0) is 22.7. The van der Waals surface area contributed by atoms with E-state index in [0.29, 0.717) is 19.3 Å². The topological polar surface area (TPSA) is 125 Å². The fourth-order valence-electron chi connectivity index (χ4n) is 4.63. The number of fused-ring (bicyclic) bond motifs is 3. The average molecular weight is 438 g/mol. The molecule has 8 heteroatoms. The van der Waals surface area contributed by atoms with Gasteiger partial charge in [0.25, 0.3) is 0 Å². The number of carbonyl (C=O) groups is 3. The third-order valence-electron chi connectivity index (χ3n) is 6.27. The zero-order valence-electron chi connectivity index (χ0n) is 17.5. The van der Waals surface area contributed by atoms with Crippen LogP contribution < -0.4 is 10.6 Å². The van der Waals surface area contributed by atoms with Gasteiger partial charge in [-0.05, 0) is 41.5 Å². The number of aliphatic hydroxyl groups is 1. The van der Waals surface area contributed by atoms with Crippen LogP contribution in [0.2, 0.25) is 0 Å². The molecule has 168 valence electrons. The van der Waals surface area contributed by atoms with Gasteiger partial charge in [0, 0.05) is 17.9 Å². The normalized spacial score (nSPS) is 20.2. The standard InChI is InChI=1S/C24H26N2O6/c27-12-21(23(29)30)26-22(28)14-9-10-15(11-14)25-24(31)32-13-20-18-7-3-1-5-16(18)17-6-2-4-8-19(17)20/h1-8,14-15,20-21,27H,9-13H2,(H,25,31)(H,26,28)(H,29,30)/t14-,15+,21-/m1/s1. The van der Waals surface area contributed by atoms with Gasteiger partial charge in [0.05, 0.1) is 6.61 Å². The van der Waals surface area contributed by atoms with Crippen molar-refractivity contribution in [1.82, 2.24) is 10.6 Å². The van der Waals surface area contributed by atoms with Gasteiger partial charge >= 0.3 is 12.1 Å². The molecule has 8 nitrogen and oxygen atoms in total. The highest BCUT2D eigenvalue weighted by atomic mass is 16.5. The van der Waals surface area contributed by atoms with Crippen molar-refractivity contribution in [1.29, 1.82) is 0 Å². The molecular formula is C24H26N2O6. The fraction of sp³-hybridized carbons (Fsp3) is 0.375. The third-order valence-corrected chi connectivity index (χ3v) is 6.27. The molecule has 2 amide bonds. The number of amides is 2. The molecule has 0 heterocycles. The number of hydrogen-bond acceptors (Lipinski definition) is 5. The van der Waals surface area contributed by atoms with Gasteiger partial charge in [-0.2, -0.15) is 0 Å². The number of benzene rings is 2. The van der Waals surface area contributed by atoms with E-state index in [-0.39, 0.29) is 18.6 Å². The summed E-state index contributed by atoms with van der Waals surface area (Å²) in [6.07, 6.45) is 0.988. The largest absolute Gasteiger partial charge is 0.480 e. The minimum absolute atomic E-state index is 0.0262. The van der Waals surface area contributed by atoms with Crippen LogP contribution in [-0.4, -0.2) is 53.5 Å². The molecule has 2 aliphatic rings. The highest BCUT2D eigenvalue weighted by molar-refractivity contribution is 5.85. The second kappa shape index (κ2) is 9.40. The second-order valence-corrected chi connectivity index (χ2v) is 8.26. The maximum absolute atomic E-state index is 12.4. The van der Waals surface area contributed by atoms with Gasteiger partial charge < -0.3 is 25.6 Å². The Kier molecular flexibility index (Phi) is 6.41. The van der Waals surface area contributed by atoms with E-state index in [9.17, 15) is 14.4 Å². The summed E-state index contributed by atoms with van der Waals surface area (Å²) >= 11 is 0. The summed E-state index contributed by atoms with van der Waals surface area (Å²) in [6.45, 7) is -0.456. The summed E-state index contributed by atoms with van der Waals surface area (Å²) in [5, 5.41) is 23.2. The number of aliphatic carboxylic acids is 1. The molecule has 0 radical (unpaired) electrons. The van der Waals surface area contributed by atoms with Crippen LogP contribution in [-0.2, 0) is 14.3 Å². The first-order valence-corrected chi connectivity index (χ1v) is 10.7. The Morgan fingerprint density at radius 1 is 1.00 bits per heavy atom. The minimum Gasteiger partial charge on any atom is -0.480 e. The maximum atomic E-state index is 12.4. The lowest BCUT2D eigenvalue weighted by atomic mass is 9.98. The van der Waals surface area contributed by atoms with Crippen molar-refractivity contribution < 1.29 is 29.3 Å². The van der Waals surface area contributed by atoms with Crippen LogP contribution in [0.5, 0.6) is 0 Å². The van der Waals surface area contributed by atoms with E-state index >= 15 is 0 Å². The number of alkyl carbamates (subject to hydrolysis) is 1. The van der Waals surface area contributed by atoms with Gasteiger partial charge in [0.15, 0.2) is 0 Å². The molecule has 1 saturated carbocycles. The number of carbonyl (C=O) groups excluding carboxylic acids is 2. The van der Waals surface area contributed by atoms with Crippen LogP contribution in [0.3, 0.4) is 0 Å². The summed E-state index contributed by atoms with van der Waals surface area (Å²) in [6, 6.07) is 14.7. The smallest absolute Gasteiger partial charge is 0.407 e. The molecule has 0 aliphatic heterocycles. The van der Waals surface area contributed by atoms with Crippen molar-refractivity contribution in [2.75, 3.05) is 13.2 Å². The van der Waals surface area contributed by atoms with Crippen LogP contribution >= 0.6 is 0 Å². The van der Waals surface area contributed by atoms with Crippen molar-refractivity contribution in [3.63, 3.8) is 0 Å². The van der Waals surface area contributed by atoms with Crippen molar-refractivity contribution in [2.45, 2.75) is 37.3 Å². The summed E-state index contributed by atoms with van der Waals surface area (Å²) in [7, 11) is 0. The molecule has 0 aromatic heterocycles. The van der Waals surface area contributed by atoms with Gasteiger partial charge in [-0.15, -0.1) is 0 Å². The van der Waals surface area contributed by atoms with Crippen molar-refractivity contribution >= 4 is 18.0 Å². The number of aliphatic hydroxyl groups excluding tert-OH is 1. The Labute approximate surface area is 185 Å². The van der Waals surface area contributed by atoms with Gasteiger partial charge in [-0.1, -0.05) is 48.5 Å². The van der Waals surface area contributed by atoms with E-state index in [1.54, 1.807) is 0 Å². The quantitative estimate of drug-likeness (QED) is 0.526. The molecule has 0 saturated heterocycles. The minimum atomic E-state index is -1.32. The Morgan fingerprint density at radius 2 is 1.62 bits per heavy atom. The molecular weight excluding hydrogens is 412 g/mol. The Bertz CT molecular complexity index is 978. The van der Waals surface area contributed by atoms with E-state index in [0.717, 1.165) is 22.3 Å². The molecule has 3 atom stereocenters. The Balaban J connectivity index is 1.30. The molecule has 32 heavy (non-hydrogen) atoms. The summed E-state index contributed by atoms with van der Waals surface area (Å²) < 4.78 is 5.55. The number of hydrogen-bond donors (Lipinski definition) is 4. The second-order valence-electron chi connectivity index (χ2n) is 8.26. The third kappa shape index (κ3) is 4.45. The van der Waals surface area contributed by atoms with Crippen LogP contribution in [0.25, 0.3) is 11.1 Å². The molecule has 2 aliphatic carbocycles. The van der Waals surface area contributed by atoms with Crippen LogP contribution in [0.4, 0.5) is 4.79 Å². The van der Waals surface area contributed by atoms with Gasteiger partial charge in [-0.25, -0.2) is 9.59 Å². The monoisotopic (exact) mass is 438 g/mol. The zero-order valence-corrected chi connectivity index (χ0v) is 17.5. The number of nitrogens with one attached hydrogen (secondary N) is 2. The summed E-state index contributed by atoms with van der Waals surface area (Å²) in [4.78, 5) is 35.7. The van der Waals surface area contributed by atoms with Crippen LogP contribution in [0.15, 0.2) is 48.5 Å². The lowest BCUT2D eigenvalue weighted by molar-refractivity contribution is -0.143. The number of carboxylic acid groups (broad SMARTS) is 1. The average Bonchev–Trinajstić information content (AvgIpc) is 3.38. The molecule has 1 fully saturated rings. The first-order chi connectivity index (χ1) is 15.5. The molecule has 0 spiro atoms. The van der Waals surface area contributed by atoms with Gasteiger partial charge in [-0.3, -0.25) is 4.79 Å². The summed E-state index contributed by atoms with van der Waals surface area (Å²) in [5.41, 5.74) is 4.58. The van der Waals surface area contributed by atoms with E-state index < -0.39 is 36.5 Å². The SMILES string of the molecule is O=C(N[C@H]1CC[C@@H](C(=O)N[C@H](CO)C(=O)O)C1)OCC1c2ccccc2-c2ccccc21. The van der Waals surface area contributed by atoms with Gasteiger partial charge in [0.1, 0.15) is 12.6 Å². The Morgan fingerprint density at radius 3 is 2.22 bits per heavy atom. The van der Waals surface area contributed by atoms with Crippen LogP contribution in [0.1, 0.15) is 36.3 Å². The predicted molar refractivity (Wildman–Crippen MR) is 116 cm³/mol. The summed E-state index contributed by atoms with van der Waals surface area (Å²) in [5.74, 6) is -2.15. The van der Waals surface area contributed by atoms with E-state index in [2.05, 4.69) is 34.9 Å². The fourth-order valence-corrected chi connectivity index (χ4v) is 4.63. The van der Waals surface area contributed by atoms with Gasteiger partial charge in [0.2, 0.25) is 5.91 Å². The Hall–Kier alpha value is -3.39.